The number of nitrogens with one attached hydrogen (secondary N) is 2. The maximum atomic E-state index is 12.3. The minimum Gasteiger partial charge on any atom is -0.351 e. The second kappa shape index (κ2) is 6.19. The number of hydrogen-bond donors (Lipinski definition) is 3. The lowest BCUT2D eigenvalue weighted by Crippen LogP contribution is -2.19. The molecule has 4 N–H and O–H groups in total. The van der Waals surface area contributed by atoms with Crippen LogP contribution >= 0.6 is 0 Å². The number of carbonyl (C=O) groups excluding carboxylic acids is 2. The molecule has 0 unspecified atom stereocenters. The van der Waals surface area contributed by atoms with Gasteiger partial charge in [0.2, 0.25) is 0 Å². The first kappa shape index (κ1) is 14.6. The summed E-state index contributed by atoms with van der Waals surface area (Å²) in [5.41, 5.74) is 6.70. The molecular formula is C18H15N3O2. The van der Waals surface area contributed by atoms with Crippen molar-refractivity contribution >= 4 is 34.1 Å². The summed E-state index contributed by atoms with van der Waals surface area (Å²) in [7, 11) is 0. The third-order valence-corrected chi connectivity index (χ3v) is 3.40. The van der Waals surface area contributed by atoms with Gasteiger partial charge in [-0.05, 0) is 41.1 Å². The van der Waals surface area contributed by atoms with Gasteiger partial charge >= 0.3 is 6.03 Å². The maximum absolute atomic E-state index is 12.3. The molecule has 0 atom stereocenters. The van der Waals surface area contributed by atoms with Crippen LogP contribution in [0.5, 0.6) is 0 Å². The second-order valence-corrected chi connectivity index (χ2v) is 5.09. The molecule has 3 rings (SSSR count). The normalized spacial score (nSPS) is 10.3. The predicted molar refractivity (Wildman–Crippen MR) is 91.5 cm³/mol. The highest BCUT2D eigenvalue weighted by atomic mass is 16.2. The molecule has 0 aliphatic carbocycles. The van der Waals surface area contributed by atoms with E-state index >= 15 is 0 Å². The first-order valence-corrected chi connectivity index (χ1v) is 7.08. The van der Waals surface area contributed by atoms with E-state index < -0.39 is 6.03 Å². The molecule has 23 heavy (non-hydrogen) atoms. The van der Waals surface area contributed by atoms with Crippen molar-refractivity contribution in [3.05, 3.63) is 72.3 Å². The van der Waals surface area contributed by atoms with Gasteiger partial charge in [-0.2, -0.15) is 0 Å². The summed E-state index contributed by atoms with van der Waals surface area (Å²) < 4.78 is 0. The number of fused-ring (bicyclic) bond motifs is 1. The SMILES string of the molecule is NC(=O)Nc1cccc(C(=O)Nc2ccc3ccccc3c2)c1. The van der Waals surface area contributed by atoms with Crippen LogP contribution in [0.1, 0.15) is 10.4 Å². The largest absolute Gasteiger partial charge is 0.351 e. The highest BCUT2D eigenvalue weighted by Crippen LogP contribution is 2.20. The van der Waals surface area contributed by atoms with Gasteiger partial charge in [0, 0.05) is 16.9 Å². The highest BCUT2D eigenvalue weighted by Gasteiger charge is 2.08. The van der Waals surface area contributed by atoms with Gasteiger partial charge in [0.05, 0.1) is 0 Å². The van der Waals surface area contributed by atoms with Crippen molar-refractivity contribution in [2.24, 2.45) is 5.73 Å². The summed E-state index contributed by atoms with van der Waals surface area (Å²) in [6.45, 7) is 0. The zero-order valence-electron chi connectivity index (χ0n) is 12.2. The lowest BCUT2D eigenvalue weighted by Gasteiger charge is -2.08. The van der Waals surface area contributed by atoms with Crippen molar-refractivity contribution in [3.63, 3.8) is 0 Å². The molecule has 0 saturated carbocycles. The zero-order valence-corrected chi connectivity index (χ0v) is 12.2. The molecule has 0 aliphatic rings. The average molecular weight is 305 g/mol. The van der Waals surface area contributed by atoms with Gasteiger partial charge in [0.15, 0.2) is 0 Å². The van der Waals surface area contributed by atoms with Crippen molar-refractivity contribution in [2.75, 3.05) is 10.6 Å². The third-order valence-electron chi connectivity index (χ3n) is 3.40. The molecule has 0 radical (unpaired) electrons. The van der Waals surface area contributed by atoms with Gasteiger partial charge < -0.3 is 16.4 Å². The van der Waals surface area contributed by atoms with Crippen LogP contribution < -0.4 is 16.4 Å². The van der Waals surface area contributed by atoms with E-state index in [-0.39, 0.29) is 5.91 Å². The van der Waals surface area contributed by atoms with E-state index in [0.717, 1.165) is 10.8 Å². The summed E-state index contributed by atoms with van der Waals surface area (Å²) in [4.78, 5) is 23.2. The van der Waals surface area contributed by atoms with E-state index in [0.29, 0.717) is 16.9 Å². The first-order chi connectivity index (χ1) is 11.1. The third kappa shape index (κ3) is 3.47. The molecule has 0 saturated heterocycles. The van der Waals surface area contributed by atoms with Gasteiger partial charge in [0.25, 0.3) is 5.91 Å². The maximum Gasteiger partial charge on any atom is 0.316 e. The lowest BCUT2D eigenvalue weighted by atomic mass is 10.1. The zero-order chi connectivity index (χ0) is 16.2. The van der Waals surface area contributed by atoms with E-state index in [2.05, 4.69) is 10.6 Å². The smallest absolute Gasteiger partial charge is 0.316 e. The van der Waals surface area contributed by atoms with E-state index in [1.165, 1.54) is 0 Å². The minimum atomic E-state index is -0.669. The van der Waals surface area contributed by atoms with Gasteiger partial charge in [-0.3, -0.25) is 4.79 Å². The Morgan fingerprint density at radius 3 is 2.26 bits per heavy atom. The molecule has 3 amide bonds. The minimum absolute atomic E-state index is 0.256. The van der Waals surface area contributed by atoms with Crippen LogP contribution in [0.25, 0.3) is 10.8 Å². The van der Waals surface area contributed by atoms with Crippen LogP contribution in [0.3, 0.4) is 0 Å². The van der Waals surface area contributed by atoms with Crippen LogP contribution in [0.4, 0.5) is 16.2 Å². The van der Waals surface area contributed by atoms with Crippen LogP contribution in [0, 0.1) is 0 Å². The Hall–Kier alpha value is -3.34. The number of rotatable bonds is 3. The first-order valence-electron chi connectivity index (χ1n) is 7.08. The van der Waals surface area contributed by atoms with Crippen molar-refractivity contribution in [3.8, 4) is 0 Å². The Balaban J connectivity index is 1.81. The molecule has 0 fully saturated rings. The summed E-state index contributed by atoms with van der Waals surface area (Å²) in [5, 5.41) is 7.45. The topological polar surface area (TPSA) is 84.2 Å². The van der Waals surface area contributed by atoms with Gasteiger partial charge in [-0.1, -0.05) is 36.4 Å². The van der Waals surface area contributed by atoms with E-state index in [9.17, 15) is 9.59 Å². The number of primary amides is 1. The Kier molecular flexibility index (Phi) is 3.93. The molecule has 0 bridgehead atoms. The Morgan fingerprint density at radius 2 is 1.48 bits per heavy atom. The molecule has 114 valence electrons. The number of urea groups is 1. The van der Waals surface area contributed by atoms with Crippen molar-refractivity contribution in [2.45, 2.75) is 0 Å². The van der Waals surface area contributed by atoms with Crippen LogP contribution in [-0.2, 0) is 0 Å². The van der Waals surface area contributed by atoms with Gasteiger partial charge in [-0.25, -0.2) is 4.79 Å². The van der Waals surface area contributed by atoms with E-state index in [1.807, 2.05) is 42.5 Å². The van der Waals surface area contributed by atoms with Gasteiger partial charge in [0.1, 0.15) is 0 Å². The fraction of sp³-hybridized carbons (Fsp3) is 0. The monoisotopic (exact) mass is 305 g/mol. The standard InChI is InChI=1S/C18H15N3O2/c19-18(23)21-15-7-3-6-14(11-15)17(22)20-16-9-8-12-4-1-2-5-13(12)10-16/h1-11H,(H,20,22)(H3,19,21,23). The van der Waals surface area contributed by atoms with Gasteiger partial charge in [-0.15, -0.1) is 0 Å². The predicted octanol–water partition coefficient (Wildman–Crippen LogP) is 3.58. The number of hydrogen-bond acceptors (Lipinski definition) is 2. The molecule has 0 aromatic heterocycles. The number of nitrogens with two attached hydrogens (primary N) is 1. The Bertz CT molecular complexity index is 890. The molecule has 3 aromatic rings. The fourth-order valence-corrected chi connectivity index (χ4v) is 2.35. The Labute approximate surface area is 133 Å². The molecule has 0 aliphatic heterocycles. The highest BCUT2D eigenvalue weighted by molar-refractivity contribution is 6.06. The Morgan fingerprint density at radius 1 is 0.739 bits per heavy atom. The van der Waals surface area contributed by atoms with E-state index in [1.54, 1.807) is 24.3 Å². The number of anilines is 2. The fourth-order valence-electron chi connectivity index (χ4n) is 2.35. The quantitative estimate of drug-likeness (QED) is 0.691. The van der Waals surface area contributed by atoms with Crippen LogP contribution in [0.2, 0.25) is 0 Å². The molecule has 5 heteroatoms. The van der Waals surface area contributed by atoms with Crippen molar-refractivity contribution in [1.29, 1.82) is 0 Å². The number of amides is 3. The van der Waals surface area contributed by atoms with Crippen molar-refractivity contribution in [1.82, 2.24) is 0 Å². The number of carbonyl (C=O) groups is 2. The molecule has 0 spiro atoms. The summed E-state index contributed by atoms with van der Waals surface area (Å²) in [6, 6.07) is 19.6. The summed E-state index contributed by atoms with van der Waals surface area (Å²) in [5.74, 6) is -0.256. The average Bonchev–Trinajstić information content (AvgIpc) is 2.54. The van der Waals surface area contributed by atoms with Crippen molar-refractivity contribution < 1.29 is 9.59 Å². The number of benzene rings is 3. The molecular weight excluding hydrogens is 290 g/mol. The molecule has 5 nitrogen and oxygen atoms in total. The van der Waals surface area contributed by atoms with Crippen LogP contribution in [0.15, 0.2) is 66.7 Å². The van der Waals surface area contributed by atoms with E-state index in [4.69, 9.17) is 5.73 Å². The summed E-state index contributed by atoms with van der Waals surface area (Å²) >= 11 is 0. The molecule has 0 heterocycles. The molecule has 3 aromatic carbocycles. The lowest BCUT2D eigenvalue weighted by molar-refractivity contribution is 0.102. The second-order valence-electron chi connectivity index (χ2n) is 5.09. The summed E-state index contributed by atoms with van der Waals surface area (Å²) in [6.07, 6.45) is 0. The van der Waals surface area contributed by atoms with Crippen LogP contribution in [-0.4, -0.2) is 11.9 Å².